The smallest absolute Gasteiger partial charge is 0.225 e. The highest BCUT2D eigenvalue weighted by Crippen LogP contribution is 2.23. The monoisotopic (exact) mass is 284 g/mol. The molecule has 1 fully saturated rings. The normalized spacial score (nSPS) is 23.2. The first-order chi connectivity index (χ1) is 9.29. The lowest BCUT2D eigenvalue weighted by atomic mass is 9.87. The maximum Gasteiger partial charge on any atom is 0.225 e. The fraction of sp³-hybridized carbons (Fsp3) is 0.867. The summed E-state index contributed by atoms with van der Waals surface area (Å²) < 4.78 is 0. The van der Waals surface area contributed by atoms with E-state index < -0.39 is 5.41 Å². The van der Waals surface area contributed by atoms with Crippen LogP contribution in [0.25, 0.3) is 0 Å². The van der Waals surface area contributed by atoms with Gasteiger partial charge in [-0.1, -0.05) is 20.8 Å². The van der Waals surface area contributed by atoms with Crippen molar-refractivity contribution in [2.75, 3.05) is 13.1 Å². The van der Waals surface area contributed by atoms with Crippen molar-refractivity contribution in [3.05, 3.63) is 0 Å². The van der Waals surface area contributed by atoms with E-state index in [0.29, 0.717) is 25.4 Å². The Kier molecular flexibility index (Phi) is 6.46. The van der Waals surface area contributed by atoms with Gasteiger partial charge in [0, 0.05) is 24.9 Å². The molecule has 2 amide bonds. The minimum atomic E-state index is -0.417. The quantitative estimate of drug-likeness (QED) is 0.710. The first-order valence-corrected chi connectivity index (χ1v) is 7.52. The van der Waals surface area contributed by atoms with Crippen molar-refractivity contribution in [3.8, 4) is 0 Å². The molecule has 0 aliphatic heterocycles. The molecule has 1 rings (SSSR count). The lowest BCUT2D eigenvalue weighted by Gasteiger charge is -2.25. The third-order valence-corrected chi connectivity index (χ3v) is 3.72. The zero-order valence-electron chi connectivity index (χ0n) is 12.9. The van der Waals surface area contributed by atoms with Crippen LogP contribution in [0.4, 0.5) is 0 Å². The van der Waals surface area contributed by atoms with Gasteiger partial charge in [-0.2, -0.15) is 0 Å². The number of hydrogen-bond donors (Lipinski definition) is 3. The van der Waals surface area contributed by atoms with Gasteiger partial charge in [-0.25, -0.2) is 0 Å². The lowest BCUT2D eigenvalue weighted by Crippen LogP contribution is -2.38. The topological polar surface area (TPSA) is 78.4 Å². The molecule has 1 aliphatic rings. The Morgan fingerprint density at radius 3 is 2.25 bits per heavy atom. The molecule has 0 spiro atoms. The zero-order chi connectivity index (χ0) is 15.2. The van der Waals surface area contributed by atoms with Gasteiger partial charge >= 0.3 is 0 Å². The number of aliphatic hydroxyl groups excluding tert-OH is 1. The standard InChI is InChI=1S/C15H28N2O3/c1-15(2,3)14(20)16-9-8-13(19)17-10-11-4-6-12(18)7-5-11/h11-12,18H,4-10H2,1-3H3,(H,16,20)(H,17,19). The molecule has 0 heterocycles. The summed E-state index contributed by atoms with van der Waals surface area (Å²) in [5.41, 5.74) is -0.417. The van der Waals surface area contributed by atoms with Crippen LogP contribution in [-0.4, -0.2) is 36.1 Å². The van der Waals surface area contributed by atoms with Crippen LogP contribution in [0.2, 0.25) is 0 Å². The van der Waals surface area contributed by atoms with Gasteiger partial charge in [0.2, 0.25) is 11.8 Å². The summed E-state index contributed by atoms with van der Waals surface area (Å²) in [6.07, 6.45) is 3.78. The molecule has 0 aromatic carbocycles. The van der Waals surface area contributed by atoms with Crippen LogP contribution >= 0.6 is 0 Å². The van der Waals surface area contributed by atoms with Crippen LogP contribution in [0.1, 0.15) is 52.9 Å². The van der Waals surface area contributed by atoms with E-state index in [1.54, 1.807) is 0 Å². The SMILES string of the molecule is CC(C)(C)C(=O)NCCC(=O)NCC1CCC(O)CC1. The molecule has 3 N–H and O–H groups in total. The Morgan fingerprint density at radius 2 is 1.70 bits per heavy atom. The average Bonchev–Trinajstić information content (AvgIpc) is 2.37. The summed E-state index contributed by atoms with van der Waals surface area (Å²) in [7, 11) is 0. The Labute approximate surface area is 121 Å². The van der Waals surface area contributed by atoms with E-state index in [4.69, 9.17) is 0 Å². The summed E-state index contributed by atoms with van der Waals surface area (Å²) in [6, 6.07) is 0. The predicted molar refractivity (Wildman–Crippen MR) is 78.1 cm³/mol. The first-order valence-electron chi connectivity index (χ1n) is 7.52. The molecule has 116 valence electrons. The van der Waals surface area contributed by atoms with Crippen molar-refractivity contribution in [2.24, 2.45) is 11.3 Å². The average molecular weight is 284 g/mol. The number of hydrogen-bond acceptors (Lipinski definition) is 3. The molecule has 20 heavy (non-hydrogen) atoms. The second-order valence-electron chi connectivity index (χ2n) is 6.73. The molecule has 5 heteroatoms. The minimum Gasteiger partial charge on any atom is -0.393 e. The van der Waals surface area contributed by atoms with Gasteiger partial charge in [-0.3, -0.25) is 9.59 Å². The van der Waals surface area contributed by atoms with Crippen LogP contribution in [0.5, 0.6) is 0 Å². The van der Waals surface area contributed by atoms with Gasteiger partial charge in [-0.05, 0) is 31.6 Å². The third kappa shape index (κ3) is 6.37. The van der Waals surface area contributed by atoms with Crippen molar-refractivity contribution in [3.63, 3.8) is 0 Å². The summed E-state index contributed by atoms with van der Waals surface area (Å²) >= 11 is 0. The van der Waals surface area contributed by atoms with Gasteiger partial charge in [0.1, 0.15) is 0 Å². The van der Waals surface area contributed by atoms with E-state index in [-0.39, 0.29) is 17.9 Å². The Morgan fingerprint density at radius 1 is 1.10 bits per heavy atom. The Balaban J connectivity index is 2.10. The highest BCUT2D eigenvalue weighted by atomic mass is 16.3. The second-order valence-corrected chi connectivity index (χ2v) is 6.73. The minimum absolute atomic E-state index is 0.0228. The van der Waals surface area contributed by atoms with Gasteiger partial charge in [-0.15, -0.1) is 0 Å². The number of carbonyl (C=O) groups is 2. The first kappa shape index (κ1) is 17.0. The number of rotatable bonds is 5. The van der Waals surface area contributed by atoms with Crippen molar-refractivity contribution in [2.45, 2.75) is 59.0 Å². The van der Waals surface area contributed by atoms with Crippen LogP contribution in [0.15, 0.2) is 0 Å². The molecule has 0 radical (unpaired) electrons. The van der Waals surface area contributed by atoms with Crippen LogP contribution in [0.3, 0.4) is 0 Å². The molecule has 5 nitrogen and oxygen atoms in total. The number of amides is 2. The molecular formula is C15H28N2O3. The summed E-state index contributed by atoms with van der Waals surface area (Å²) in [5, 5.41) is 15.1. The molecule has 0 atom stereocenters. The largest absolute Gasteiger partial charge is 0.393 e. The van der Waals surface area contributed by atoms with Gasteiger partial charge in [0.25, 0.3) is 0 Å². The van der Waals surface area contributed by atoms with Crippen LogP contribution < -0.4 is 10.6 Å². The molecule has 0 bridgehead atoms. The molecule has 1 aliphatic carbocycles. The maximum absolute atomic E-state index is 11.7. The van der Waals surface area contributed by atoms with Crippen molar-refractivity contribution < 1.29 is 14.7 Å². The molecule has 0 aromatic heterocycles. The third-order valence-electron chi connectivity index (χ3n) is 3.72. The summed E-state index contributed by atoms with van der Waals surface area (Å²) in [5.74, 6) is 0.420. The van der Waals surface area contributed by atoms with E-state index in [1.165, 1.54) is 0 Å². The zero-order valence-corrected chi connectivity index (χ0v) is 12.9. The molecular weight excluding hydrogens is 256 g/mol. The van der Waals surface area contributed by atoms with E-state index >= 15 is 0 Å². The fourth-order valence-corrected chi connectivity index (χ4v) is 2.25. The van der Waals surface area contributed by atoms with E-state index in [2.05, 4.69) is 10.6 Å². The van der Waals surface area contributed by atoms with Crippen LogP contribution in [0, 0.1) is 11.3 Å². The van der Waals surface area contributed by atoms with Crippen molar-refractivity contribution in [1.29, 1.82) is 0 Å². The predicted octanol–water partition coefficient (Wildman–Crippen LogP) is 1.21. The number of carbonyl (C=O) groups excluding carboxylic acids is 2. The Bertz CT molecular complexity index is 329. The lowest BCUT2D eigenvalue weighted by molar-refractivity contribution is -0.128. The van der Waals surface area contributed by atoms with E-state index in [1.807, 2.05) is 20.8 Å². The molecule has 0 unspecified atom stereocenters. The van der Waals surface area contributed by atoms with Crippen molar-refractivity contribution >= 4 is 11.8 Å². The van der Waals surface area contributed by atoms with Crippen molar-refractivity contribution in [1.82, 2.24) is 10.6 Å². The van der Waals surface area contributed by atoms with Gasteiger partial charge < -0.3 is 15.7 Å². The molecule has 1 saturated carbocycles. The van der Waals surface area contributed by atoms with Crippen LogP contribution in [-0.2, 0) is 9.59 Å². The van der Waals surface area contributed by atoms with Gasteiger partial charge in [0.05, 0.1) is 6.10 Å². The summed E-state index contributed by atoms with van der Waals surface area (Å²) in [4.78, 5) is 23.3. The highest BCUT2D eigenvalue weighted by molar-refractivity contribution is 5.82. The molecule has 0 saturated heterocycles. The molecule has 0 aromatic rings. The van der Waals surface area contributed by atoms with E-state index in [0.717, 1.165) is 25.7 Å². The van der Waals surface area contributed by atoms with Gasteiger partial charge in [0.15, 0.2) is 0 Å². The summed E-state index contributed by atoms with van der Waals surface area (Å²) in [6.45, 7) is 6.60. The maximum atomic E-state index is 11.7. The number of aliphatic hydroxyl groups is 1. The second kappa shape index (κ2) is 7.62. The number of nitrogens with one attached hydrogen (secondary N) is 2. The highest BCUT2D eigenvalue weighted by Gasteiger charge is 2.21. The Hall–Kier alpha value is -1.10. The fourth-order valence-electron chi connectivity index (χ4n) is 2.25. The van der Waals surface area contributed by atoms with E-state index in [9.17, 15) is 14.7 Å².